The van der Waals surface area contributed by atoms with Crippen molar-refractivity contribution in [1.29, 1.82) is 0 Å². The molecule has 1 fully saturated rings. The van der Waals surface area contributed by atoms with E-state index in [1.165, 1.54) is 17.7 Å². The number of hydrogen-bond acceptors (Lipinski definition) is 5. The smallest absolute Gasteiger partial charge is 0.123 e. The Morgan fingerprint density at radius 3 is 2.50 bits per heavy atom. The SMILES string of the molecule is Fc1ccc(-c2ncn(C3CCN(Cc4ccncc4)C3)c2-c2ccncn2)cc1. The molecule has 5 rings (SSSR count). The minimum Gasteiger partial charge on any atom is -0.324 e. The molecule has 0 amide bonds. The van der Waals surface area contributed by atoms with Gasteiger partial charge in [-0.15, -0.1) is 0 Å². The van der Waals surface area contributed by atoms with Crippen LogP contribution in [0.4, 0.5) is 4.39 Å². The van der Waals surface area contributed by atoms with Gasteiger partial charge in [-0.25, -0.2) is 19.3 Å². The molecule has 0 aliphatic carbocycles. The van der Waals surface area contributed by atoms with Crippen molar-refractivity contribution in [2.24, 2.45) is 0 Å². The maximum atomic E-state index is 13.4. The van der Waals surface area contributed by atoms with Crippen LogP contribution in [0, 0.1) is 5.82 Å². The van der Waals surface area contributed by atoms with E-state index in [0.717, 1.165) is 48.7 Å². The Morgan fingerprint density at radius 1 is 0.933 bits per heavy atom. The van der Waals surface area contributed by atoms with Gasteiger partial charge in [0, 0.05) is 49.8 Å². The number of aromatic nitrogens is 5. The summed E-state index contributed by atoms with van der Waals surface area (Å²) in [5, 5.41) is 0. The van der Waals surface area contributed by atoms with Crippen LogP contribution < -0.4 is 0 Å². The Hall–Kier alpha value is -3.45. The number of nitrogens with zero attached hydrogens (tertiary/aromatic N) is 6. The highest BCUT2D eigenvalue weighted by Gasteiger charge is 2.28. The molecular formula is C23H21FN6. The number of imidazole rings is 1. The third-order valence-corrected chi connectivity index (χ3v) is 5.53. The van der Waals surface area contributed by atoms with Gasteiger partial charge >= 0.3 is 0 Å². The molecule has 6 nitrogen and oxygen atoms in total. The summed E-state index contributed by atoms with van der Waals surface area (Å²) >= 11 is 0. The first kappa shape index (κ1) is 18.6. The molecule has 1 aromatic carbocycles. The molecular weight excluding hydrogens is 379 g/mol. The molecule has 1 unspecified atom stereocenters. The van der Waals surface area contributed by atoms with Gasteiger partial charge in [-0.3, -0.25) is 9.88 Å². The lowest BCUT2D eigenvalue weighted by Gasteiger charge is -2.18. The van der Waals surface area contributed by atoms with E-state index >= 15 is 0 Å². The second kappa shape index (κ2) is 8.12. The van der Waals surface area contributed by atoms with Crippen molar-refractivity contribution < 1.29 is 4.39 Å². The molecule has 1 aliphatic heterocycles. The number of benzene rings is 1. The summed E-state index contributed by atoms with van der Waals surface area (Å²) in [6, 6.07) is 12.7. The second-order valence-electron chi connectivity index (χ2n) is 7.48. The quantitative estimate of drug-likeness (QED) is 0.507. The van der Waals surface area contributed by atoms with Gasteiger partial charge in [0.15, 0.2) is 0 Å². The van der Waals surface area contributed by atoms with E-state index < -0.39 is 0 Å². The molecule has 30 heavy (non-hydrogen) atoms. The maximum absolute atomic E-state index is 13.4. The van der Waals surface area contributed by atoms with Gasteiger partial charge in [-0.05, 0) is 54.4 Å². The number of halogens is 1. The molecule has 150 valence electrons. The van der Waals surface area contributed by atoms with Gasteiger partial charge in [-0.2, -0.15) is 0 Å². The number of likely N-dealkylation sites (tertiary alicyclic amines) is 1. The molecule has 0 spiro atoms. The van der Waals surface area contributed by atoms with Gasteiger partial charge in [-0.1, -0.05) is 0 Å². The van der Waals surface area contributed by atoms with Crippen LogP contribution >= 0.6 is 0 Å². The molecule has 0 N–H and O–H groups in total. The van der Waals surface area contributed by atoms with Crippen molar-refractivity contribution in [3.8, 4) is 22.6 Å². The second-order valence-corrected chi connectivity index (χ2v) is 7.48. The average molecular weight is 400 g/mol. The largest absolute Gasteiger partial charge is 0.324 e. The normalized spacial score (nSPS) is 16.8. The zero-order chi connectivity index (χ0) is 20.3. The van der Waals surface area contributed by atoms with Crippen LogP contribution in [0.3, 0.4) is 0 Å². The van der Waals surface area contributed by atoms with Crippen LogP contribution in [0.1, 0.15) is 18.0 Å². The van der Waals surface area contributed by atoms with E-state index in [4.69, 9.17) is 4.98 Å². The first-order valence-corrected chi connectivity index (χ1v) is 9.98. The van der Waals surface area contributed by atoms with E-state index in [9.17, 15) is 4.39 Å². The number of rotatable bonds is 5. The molecule has 7 heteroatoms. The van der Waals surface area contributed by atoms with Crippen molar-refractivity contribution in [2.75, 3.05) is 13.1 Å². The Bertz CT molecular complexity index is 1110. The molecule has 0 bridgehead atoms. The van der Waals surface area contributed by atoms with Crippen LogP contribution in [0.2, 0.25) is 0 Å². The van der Waals surface area contributed by atoms with E-state index in [-0.39, 0.29) is 5.82 Å². The molecule has 1 saturated heterocycles. The van der Waals surface area contributed by atoms with Crippen molar-refractivity contribution in [3.63, 3.8) is 0 Å². The molecule has 3 aromatic heterocycles. The van der Waals surface area contributed by atoms with Crippen LogP contribution in [-0.4, -0.2) is 42.5 Å². The Balaban J connectivity index is 1.47. The Labute approximate surface area is 174 Å². The number of pyridine rings is 1. The molecule has 4 aromatic rings. The van der Waals surface area contributed by atoms with Crippen LogP contribution in [0.5, 0.6) is 0 Å². The van der Waals surface area contributed by atoms with Crippen LogP contribution in [0.25, 0.3) is 22.6 Å². The summed E-state index contributed by atoms with van der Waals surface area (Å²) in [5.74, 6) is -0.260. The van der Waals surface area contributed by atoms with E-state index in [0.29, 0.717) is 6.04 Å². The van der Waals surface area contributed by atoms with E-state index in [1.807, 2.05) is 24.8 Å². The minimum atomic E-state index is -0.260. The standard InChI is InChI=1S/C23H21FN6/c24-19-3-1-18(2-4-19)22-23(21-7-11-26-15-27-21)30(16-28-22)20-8-12-29(14-20)13-17-5-9-25-10-6-17/h1-7,9-11,15-16,20H,8,12-14H2. The average Bonchev–Trinajstić information content (AvgIpc) is 3.43. The molecule has 4 heterocycles. The van der Waals surface area contributed by atoms with Crippen molar-refractivity contribution in [2.45, 2.75) is 19.0 Å². The summed E-state index contributed by atoms with van der Waals surface area (Å²) in [6.07, 6.45) is 9.87. The van der Waals surface area contributed by atoms with Crippen LogP contribution in [0.15, 0.2) is 73.7 Å². The lowest BCUT2D eigenvalue weighted by Crippen LogP contribution is -2.21. The van der Waals surface area contributed by atoms with E-state index in [1.54, 1.807) is 24.7 Å². The first-order chi connectivity index (χ1) is 14.8. The first-order valence-electron chi connectivity index (χ1n) is 9.98. The molecule has 1 atom stereocenters. The monoisotopic (exact) mass is 400 g/mol. The summed E-state index contributed by atoms with van der Waals surface area (Å²) in [4.78, 5) is 19.8. The fraction of sp³-hybridized carbons (Fsp3) is 0.217. The third kappa shape index (κ3) is 3.71. The topological polar surface area (TPSA) is 59.7 Å². The lowest BCUT2D eigenvalue weighted by atomic mass is 10.1. The fourth-order valence-electron chi connectivity index (χ4n) is 4.07. The van der Waals surface area contributed by atoms with E-state index in [2.05, 4.69) is 36.6 Å². The zero-order valence-electron chi connectivity index (χ0n) is 16.4. The van der Waals surface area contributed by atoms with Crippen molar-refractivity contribution in [3.05, 3.63) is 85.1 Å². The van der Waals surface area contributed by atoms with Crippen LogP contribution in [-0.2, 0) is 6.54 Å². The Morgan fingerprint density at radius 2 is 1.73 bits per heavy atom. The maximum Gasteiger partial charge on any atom is 0.123 e. The summed E-state index contributed by atoms with van der Waals surface area (Å²) in [7, 11) is 0. The molecule has 0 saturated carbocycles. The highest BCUT2D eigenvalue weighted by molar-refractivity contribution is 5.76. The fourth-order valence-corrected chi connectivity index (χ4v) is 4.07. The third-order valence-electron chi connectivity index (χ3n) is 5.53. The minimum absolute atomic E-state index is 0.260. The van der Waals surface area contributed by atoms with Gasteiger partial charge in [0.05, 0.1) is 23.4 Å². The van der Waals surface area contributed by atoms with Crippen molar-refractivity contribution >= 4 is 0 Å². The Kier molecular flexibility index (Phi) is 5.03. The van der Waals surface area contributed by atoms with Gasteiger partial charge in [0.1, 0.15) is 12.1 Å². The predicted octanol–water partition coefficient (Wildman–Crippen LogP) is 3.99. The van der Waals surface area contributed by atoms with Gasteiger partial charge in [0.25, 0.3) is 0 Å². The summed E-state index contributed by atoms with van der Waals surface area (Å²) in [5.41, 5.74) is 4.70. The zero-order valence-corrected chi connectivity index (χ0v) is 16.4. The van der Waals surface area contributed by atoms with Gasteiger partial charge in [0.2, 0.25) is 0 Å². The highest BCUT2D eigenvalue weighted by atomic mass is 19.1. The predicted molar refractivity (Wildman–Crippen MR) is 112 cm³/mol. The number of hydrogen-bond donors (Lipinski definition) is 0. The van der Waals surface area contributed by atoms with Crippen molar-refractivity contribution in [1.82, 2.24) is 29.4 Å². The lowest BCUT2D eigenvalue weighted by molar-refractivity contribution is 0.316. The molecule has 1 aliphatic rings. The van der Waals surface area contributed by atoms with Gasteiger partial charge < -0.3 is 4.57 Å². The summed E-state index contributed by atoms with van der Waals surface area (Å²) < 4.78 is 15.7. The molecule has 0 radical (unpaired) electrons. The summed E-state index contributed by atoms with van der Waals surface area (Å²) in [6.45, 7) is 2.85. The highest BCUT2D eigenvalue weighted by Crippen LogP contribution is 2.35.